The Kier molecular flexibility index (Phi) is 4.66. The van der Waals surface area contributed by atoms with E-state index in [4.69, 9.17) is 0 Å². The van der Waals surface area contributed by atoms with Gasteiger partial charge in [0, 0.05) is 31.5 Å². The molecule has 0 amide bonds. The molecule has 0 saturated carbocycles. The van der Waals surface area contributed by atoms with Crippen LogP contribution in [0.5, 0.6) is 0 Å². The van der Waals surface area contributed by atoms with Gasteiger partial charge in [-0.05, 0) is 24.3 Å². The lowest BCUT2D eigenvalue weighted by Crippen LogP contribution is -2.19. The molecule has 0 radical (unpaired) electrons. The van der Waals surface area contributed by atoms with Crippen LogP contribution in [0.15, 0.2) is 60.7 Å². The van der Waals surface area contributed by atoms with E-state index in [-0.39, 0.29) is 11.8 Å². The molecule has 0 aliphatic rings. The van der Waals surface area contributed by atoms with E-state index >= 15 is 0 Å². The minimum absolute atomic E-state index is 0.118. The summed E-state index contributed by atoms with van der Waals surface area (Å²) in [4.78, 5) is 24.8. The summed E-state index contributed by atoms with van der Waals surface area (Å²) in [5.74, 6) is -0.235. The van der Waals surface area contributed by atoms with E-state index < -0.39 is 15.7 Å². The zero-order chi connectivity index (χ0) is 17.3. The normalized spacial score (nSPS) is 12.1. The van der Waals surface area contributed by atoms with Crippen LogP contribution in [0.25, 0.3) is 10.6 Å². The third-order valence-electron chi connectivity index (χ3n) is 3.62. The maximum absolute atomic E-state index is 12.4. The van der Waals surface area contributed by atoms with Crippen LogP contribution in [0, 0.1) is 0 Å². The molecule has 0 saturated heterocycles. The highest BCUT2D eigenvalue weighted by molar-refractivity contribution is 7.63. The summed E-state index contributed by atoms with van der Waals surface area (Å²) in [7, 11) is -0.180. The average Bonchev–Trinajstić information content (AvgIpc) is 2.90. The lowest BCUT2D eigenvalue weighted by atomic mass is 10.4. The Balaban J connectivity index is 2.43. The van der Waals surface area contributed by atoms with E-state index in [0.29, 0.717) is 0 Å². The van der Waals surface area contributed by atoms with Gasteiger partial charge in [0.2, 0.25) is 11.8 Å². The van der Waals surface area contributed by atoms with E-state index in [1.54, 1.807) is 8.89 Å². The average molecular weight is 359 g/mol. The number of nitrogens with zero attached hydrogens (tertiary/aromatic N) is 3. The molecule has 1 aromatic heterocycles. The van der Waals surface area contributed by atoms with Crippen molar-refractivity contribution in [1.82, 2.24) is 13.0 Å². The van der Waals surface area contributed by atoms with Gasteiger partial charge in [0.05, 0.1) is 15.7 Å². The number of rotatable bonds is 2. The first-order chi connectivity index (χ1) is 11.5. The van der Waals surface area contributed by atoms with Crippen LogP contribution in [-0.2, 0) is 7.05 Å². The van der Waals surface area contributed by atoms with E-state index in [1.807, 2.05) is 67.7 Å². The molecule has 7 heteroatoms. The van der Waals surface area contributed by atoms with Crippen LogP contribution in [0.4, 0.5) is 0 Å². The van der Waals surface area contributed by atoms with Crippen LogP contribution < -0.4 is 0 Å². The molecule has 124 valence electrons. The molecule has 0 fully saturated rings. The predicted molar refractivity (Wildman–Crippen MR) is 99.7 cm³/mol. The maximum atomic E-state index is 12.4. The lowest BCUT2D eigenvalue weighted by molar-refractivity contribution is 0.0849. The molecule has 2 unspecified atom stereocenters. The van der Waals surface area contributed by atoms with Crippen molar-refractivity contribution < 1.29 is 9.59 Å². The summed E-state index contributed by atoms with van der Waals surface area (Å²) in [5.41, 5.74) is 0. The predicted octanol–water partition coefficient (Wildman–Crippen LogP) is 5.02. The van der Waals surface area contributed by atoms with Crippen LogP contribution in [0.3, 0.4) is 0 Å². The van der Waals surface area contributed by atoms with Gasteiger partial charge < -0.3 is 0 Å². The first-order valence-electron chi connectivity index (χ1n) is 7.57. The number of carbonyl (C=O) groups is 2. The molecule has 3 rings (SSSR count). The van der Waals surface area contributed by atoms with Crippen molar-refractivity contribution >= 4 is 27.5 Å². The molecule has 0 N–H and O–H groups in total. The van der Waals surface area contributed by atoms with Crippen molar-refractivity contribution in [3.05, 3.63) is 60.7 Å². The van der Waals surface area contributed by atoms with Gasteiger partial charge in [0.1, 0.15) is 0 Å². The number of hydrogen-bond donors (Lipinski definition) is 0. The van der Waals surface area contributed by atoms with Gasteiger partial charge in [-0.3, -0.25) is 13.7 Å². The molecule has 3 aromatic rings. The largest absolute Gasteiger partial charge is 0.289 e. The number of hydrogen-bond acceptors (Lipinski definition) is 2. The lowest BCUT2D eigenvalue weighted by Gasteiger charge is -2.10. The van der Waals surface area contributed by atoms with Crippen molar-refractivity contribution in [3.8, 4) is 10.6 Å². The van der Waals surface area contributed by atoms with Crippen molar-refractivity contribution in [2.75, 3.05) is 0 Å². The SMILES string of the molecule is CC(=O)n1n(C(C)=O)p(-c2ccccc2)n(C)p1-c1ccccc1. The van der Waals surface area contributed by atoms with Gasteiger partial charge in [0.15, 0.2) is 0 Å². The first kappa shape index (κ1) is 16.6. The molecular weight excluding hydrogens is 340 g/mol. The number of benzene rings is 2. The fraction of sp³-hybridized carbons (Fsp3) is 0.176. The Bertz CT molecular complexity index is 847. The Labute approximate surface area is 142 Å². The Morgan fingerprint density at radius 1 is 0.708 bits per heavy atom. The molecule has 0 aliphatic heterocycles. The highest BCUT2D eigenvalue weighted by Crippen LogP contribution is 2.50. The van der Waals surface area contributed by atoms with Crippen molar-refractivity contribution in [3.63, 3.8) is 0 Å². The molecule has 2 aromatic carbocycles. The van der Waals surface area contributed by atoms with Crippen molar-refractivity contribution in [2.24, 2.45) is 7.05 Å². The van der Waals surface area contributed by atoms with E-state index in [2.05, 4.69) is 4.09 Å². The van der Waals surface area contributed by atoms with Crippen LogP contribution in [0.1, 0.15) is 23.4 Å². The first-order valence-corrected chi connectivity index (χ1v) is 10.1. The second kappa shape index (κ2) is 6.72. The highest BCUT2D eigenvalue weighted by Gasteiger charge is 2.23. The standard InChI is InChI=1S/C17H19N3O2P2/c1-14(21)19-20(15(2)22)24(17-12-8-5-9-13-17)18(3)23(19)16-10-6-4-7-11-16/h4-13H,1-3H3. The topological polar surface area (TPSA) is 48.9 Å². The molecule has 0 spiro atoms. The Hall–Kier alpha value is -2.22. The third kappa shape index (κ3) is 2.82. The number of carbonyl (C=O) groups excluding carboxylic acids is 2. The summed E-state index contributed by atoms with van der Waals surface area (Å²) in [6.45, 7) is 3.04. The zero-order valence-corrected chi connectivity index (χ0v) is 15.6. The molecule has 2 atom stereocenters. The smallest absolute Gasteiger partial charge is 0.247 e. The van der Waals surface area contributed by atoms with Crippen LogP contribution in [0.2, 0.25) is 0 Å². The number of aromatic nitrogens is 3. The second-order valence-electron chi connectivity index (χ2n) is 5.36. The van der Waals surface area contributed by atoms with Gasteiger partial charge in [-0.1, -0.05) is 36.4 Å². The van der Waals surface area contributed by atoms with Gasteiger partial charge in [-0.2, -0.15) is 8.89 Å². The maximum Gasteiger partial charge on any atom is 0.247 e. The quantitative estimate of drug-likeness (QED) is 0.645. The summed E-state index contributed by atoms with van der Waals surface area (Å²) >= 11 is 0. The minimum Gasteiger partial charge on any atom is -0.289 e. The molecule has 24 heavy (non-hydrogen) atoms. The van der Waals surface area contributed by atoms with E-state index in [1.165, 1.54) is 13.8 Å². The Morgan fingerprint density at radius 2 is 1.04 bits per heavy atom. The Morgan fingerprint density at radius 3 is 1.33 bits per heavy atom. The van der Waals surface area contributed by atoms with Gasteiger partial charge in [-0.15, -0.1) is 0 Å². The molecule has 0 bridgehead atoms. The molecule has 0 aliphatic carbocycles. The van der Waals surface area contributed by atoms with Crippen LogP contribution >= 0.6 is 15.7 Å². The second-order valence-corrected chi connectivity index (χ2v) is 9.82. The zero-order valence-electron chi connectivity index (χ0n) is 13.8. The summed E-state index contributed by atoms with van der Waals surface area (Å²) in [6.07, 6.45) is 0. The van der Waals surface area contributed by atoms with E-state index in [0.717, 1.165) is 10.6 Å². The molecule has 1 heterocycles. The summed E-state index contributed by atoms with van der Waals surface area (Å²) in [6, 6.07) is 19.8. The van der Waals surface area contributed by atoms with E-state index in [9.17, 15) is 9.59 Å². The molecular formula is C17H19N3O2P2. The minimum atomic E-state index is -1.09. The summed E-state index contributed by atoms with van der Waals surface area (Å²) in [5, 5.41) is 2.11. The van der Waals surface area contributed by atoms with Crippen molar-refractivity contribution in [1.29, 1.82) is 0 Å². The third-order valence-corrected chi connectivity index (χ3v) is 9.04. The van der Waals surface area contributed by atoms with Crippen LogP contribution in [-0.4, -0.2) is 24.8 Å². The summed E-state index contributed by atoms with van der Waals surface area (Å²) < 4.78 is 5.47. The fourth-order valence-electron chi connectivity index (χ4n) is 2.70. The monoisotopic (exact) mass is 359 g/mol. The van der Waals surface area contributed by atoms with Gasteiger partial charge >= 0.3 is 0 Å². The van der Waals surface area contributed by atoms with Gasteiger partial charge in [-0.25, -0.2) is 0 Å². The highest BCUT2D eigenvalue weighted by atomic mass is 31.1. The van der Waals surface area contributed by atoms with Gasteiger partial charge in [0.25, 0.3) is 0 Å². The molecule has 5 nitrogen and oxygen atoms in total. The fourth-order valence-corrected chi connectivity index (χ4v) is 8.45. The van der Waals surface area contributed by atoms with Crippen molar-refractivity contribution in [2.45, 2.75) is 13.8 Å².